The topological polar surface area (TPSA) is 54.7 Å². The standard InChI is InChI=1S/C10H13N3/c1-7-8(2-4-11)9-6-12-5-3-10(9)13-7/h3,5-6,13H,2,4,11H2,1H3. The van der Waals surface area contributed by atoms with Gasteiger partial charge in [-0.3, -0.25) is 4.98 Å². The molecule has 0 radical (unpaired) electrons. The van der Waals surface area contributed by atoms with Crippen molar-refractivity contribution in [3.8, 4) is 0 Å². The lowest BCUT2D eigenvalue weighted by atomic mass is 10.1. The van der Waals surface area contributed by atoms with Crippen LogP contribution < -0.4 is 5.73 Å². The second-order valence-electron chi connectivity index (χ2n) is 3.19. The van der Waals surface area contributed by atoms with Crippen LogP contribution in [0.1, 0.15) is 11.3 Å². The molecule has 0 amide bonds. The number of fused-ring (bicyclic) bond motifs is 1. The molecule has 0 saturated carbocycles. The van der Waals surface area contributed by atoms with Gasteiger partial charge in [0.05, 0.1) is 0 Å². The molecule has 68 valence electrons. The average molecular weight is 175 g/mol. The van der Waals surface area contributed by atoms with Crippen molar-refractivity contribution in [2.75, 3.05) is 6.54 Å². The van der Waals surface area contributed by atoms with Crippen molar-refractivity contribution in [2.24, 2.45) is 5.73 Å². The maximum Gasteiger partial charge on any atom is 0.0489 e. The molecule has 0 aliphatic carbocycles. The summed E-state index contributed by atoms with van der Waals surface area (Å²) in [6.45, 7) is 2.76. The van der Waals surface area contributed by atoms with Crippen molar-refractivity contribution in [1.82, 2.24) is 9.97 Å². The molecule has 2 heterocycles. The van der Waals surface area contributed by atoms with Crippen LogP contribution in [0.3, 0.4) is 0 Å². The Labute approximate surface area is 77.0 Å². The number of pyridine rings is 1. The van der Waals surface area contributed by atoms with E-state index in [2.05, 4.69) is 16.9 Å². The molecule has 3 nitrogen and oxygen atoms in total. The molecule has 0 unspecified atom stereocenters. The number of aromatic nitrogens is 2. The van der Waals surface area contributed by atoms with E-state index in [4.69, 9.17) is 5.73 Å². The first-order valence-corrected chi connectivity index (χ1v) is 4.44. The number of hydrogen-bond donors (Lipinski definition) is 2. The molecule has 3 N–H and O–H groups in total. The highest BCUT2D eigenvalue weighted by molar-refractivity contribution is 5.83. The van der Waals surface area contributed by atoms with E-state index in [-0.39, 0.29) is 0 Å². The zero-order valence-corrected chi connectivity index (χ0v) is 7.67. The third kappa shape index (κ3) is 1.31. The third-order valence-corrected chi connectivity index (χ3v) is 2.32. The fourth-order valence-electron chi connectivity index (χ4n) is 1.69. The molecule has 0 aromatic carbocycles. The lowest BCUT2D eigenvalue weighted by Gasteiger charge is -1.96. The van der Waals surface area contributed by atoms with E-state index in [0.29, 0.717) is 6.54 Å². The Kier molecular flexibility index (Phi) is 2.02. The molecule has 0 aliphatic heterocycles. The van der Waals surface area contributed by atoms with Gasteiger partial charge in [-0.2, -0.15) is 0 Å². The van der Waals surface area contributed by atoms with E-state index >= 15 is 0 Å². The number of aryl methyl sites for hydroxylation is 1. The van der Waals surface area contributed by atoms with Gasteiger partial charge < -0.3 is 10.7 Å². The van der Waals surface area contributed by atoms with Crippen LogP contribution >= 0.6 is 0 Å². The molecule has 0 spiro atoms. The fourth-order valence-corrected chi connectivity index (χ4v) is 1.69. The summed E-state index contributed by atoms with van der Waals surface area (Å²) in [4.78, 5) is 7.42. The second-order valence-corrected chi connectivity index (χ2v) is 3.19. The maximum atomic E-state index is 5.55. The van der Waals surface area contributed by atoms with Gasteiger partial charge in [0.25, 0.3) is 0 Å². The van der Waals surface area contributed by atoms with Crippen LogP contribution in [-0.4, -0.2) is 16.5 Å². The van der Waals surface area contributed by atoms with Crippen LogP contribution in [-0.2, 0) is 6.42 Å². The lowest BCUT2D eigenvalue weighted by molar-refractivity contribution is 0.962. The maximum absolute atomic E-state index is 5.55. The third-order valence-electron chi connectivity index (χ3n) is 2.32. The first kappa shape index (κ1) is 8.26. The Bertz CT molecular complexity index is 417. The highest BCUT2D eigenvalue weighted by Crippen LogP contribution is 2.20. The normalized spacial score (nSPS) is 10.9. The summed E-state index contributed by atoms with van der Waals surface area (Å²) >= 11 is 0. The number of nitrogens with two attached hydrogens (primary N) is 1. The van der Waals surface area contributed by atoms with Gasteiger partial charge in [0.1, 0.15) is 0 Å². The van der Waals surface area contributed by atoms with Gasteiger partial charge in [0.2, 0.25) is 0 Å². The largest absolute Gasteiger partial charge is 0.358 e. The minimum Gasteiger partial charge on any atom is -0.358 e. The summed E-state index contributed by atoms with van der Waals surface area (Å²) in [6, 6.07) is 1.99. The molecule has 2 aromatic heterocycles. The van der Waals surface area contributed by atoms with Crippen LogP contribution in [0.15, 0.2) is 18.5 Å². The first-order chi connectivity index (χ1) is 6.33. The molecule has 0 bridgehead atoms. The molecule has 0 fully saturated rings. The monoisotopic (exact) mass is 175 g/mol. The van der Waals surface area contributed by atoms with E-state index in [0.717, 1.165) is 11.9 Å². The number of nitrogens with one attached hydrogen (secondary N) is 1. The highest BCUT2D eigenvalue weighted by atomic mass is 14.7. The Hall–Kier alpha value is -1.35. The van der Waals surface area contributed by atoms with Gasteiger partial charge in [-0.15, -0.1) is 0 Å². The molecule has 0 aliphatic rings. The number of rotatable bonds is 2. The van der Waals surface area contributed by atoms with E-state index in [1.807, 2.05) is 12.3 Å². The van der Waals surface area contributed by atoms with E-state index in [1.165, 1.54) is 16.6 Å². The molecular weight excluding hydrogens is 162 g/mol. The van der Waals surface area contributed by atoms with Gasteiger partial charge in [0.15, 0.2) is 0 Å². The quantitative estimate of drug-likeness (QED) is 0.724. The fraction of sp³-hybridized carbons (Fsp3) is 0.300. The Morgan fingerprint density at radius 2 is 2.38 bits per heavy atom. The zero-order chi connectivity index (χ0) is 9.26. The van der Waals surface area contributed by atoms with Gasteiger partial charge in [-0.1, -0.05) is 0 Å². The number of nitrogens with zero attached hydrogens (tertiary/aromatic N) is 1. The Morgan fingerprint density at radius 3 is 3.15 bits per heavy atom. The van der Waals surface area contributed by atoms with Crippen LogP contribution in [0.5, 0.6) is 0 Å². The van der Waals surface area contributed by atoms with Gasteiger partial charge in [-0.25, -0.2) is 0 Å². The van der Waals surface area contributed by atoms with E-state index in [9.17, 15) is 0 Å². The van der Waals surface area contributed by atoms with Crippen LogP contribution in [0.2, 0.25) is 0 Å². The minimum atomic E-state index is 0.683. The number of hydrogen-bond acceptors (Lipinski definition) is 2. The van der Waals surface area contributed by atoms with Crippen LogP contribution in [0.4, 0.5) is 0 Å². The number of H-pyrrole nitrogens is 1. The van der Waals surface area contributed by atoms with E-state index < -0.39 is 0 Å². The van der Waals surface area contributed by atoms with Crippen molar-refractivity contribution < 1.29 is 0 Å². The minimum absolute atomic E-state index is 0.683. The van der Waals surface area contributed by atoms with Crippen LogP contribution in [0.25, 0.3) is 10.9 Å². The summed E-state index contributed by atoms with van der Waals surface area (Å²) in [5.74, 6) is 0. The predicted molar refractivity (Wildman–Crippen MR) is 53.6 cm³/mol. The first-order valence-electron chi connectivity index (χ1n) is 4.44. The Morgan fingerprint density at radius 1 is 1.54 bits per heavy atom. The molecule has 2 aromatic rings. The van der Waals surface area contributed by atoms with Crippen LogP contribution in [0, 0.1) is 6.92 Å². The van der Waals surface area contributed by atoms with Crippen molar-refractivity contribution in [2.45, 2.75) is 13.3 Å². The average Bonchev–Trinajstić information content (AvgIpc) is 2.44. The van der Waals surface area contributed by atoms with E-state index in [1.54, 1.807) is 6.20 Å². The van der Waals surface area contributed by atoms with Gasteiger partial charge in [-0.05, 0) is 31.5 Å². The summed E-state index contributed by atoms with van der Waals surface area (Å²) in [5, 5.41) is 1.20. The molecule has 2 rings (SSSR count). The smallest absolute Gasteiger partial charge is 0.0489 e. The SMILES string of the molecule is Cc1[nH]c2ccncc2c1CCN. The molecule has 0 atom stereocenters. The molecule has 3 heteroatoms. The van der Waals surface area contributed by atoms with Crippen molar-refractivity contribution >= 4 is 10.9 Å². The predicted octanol–water partition coefficient (Wildman–Crippen LogP) is 1.37. The Balaban J connectivity index is 2.64. The van der Waals surface area contributed by atoms with Crippen molar-refractivity contribution in [3.63, 3.8) is 0 Å². The second kappa shape index (κ2) is 3.18. The summed E-state index contributed by atoms with van der Waals surface area (Å²) in [5.41, 5.74) is 9.19. The summed E-state index contributed by atoms with van der Waals surface area (Å²) in [6.07, 6.45) is 4.60. The summed E-state index contributed by atoms with van der Waals surface area (Å²) in [7, 11) is 0. The van der Waals surface area contributed by atoms with Gasteiger partial charge in [0, 0.05) is 29.0 Å². The zero-order valence-electron chi connectivity index (χ0n) is 7.67. The lowest BCUT2D eigenvalue weighted by Crippen LogP contribution is -2.03. The number of aromatic amines is 1. The molecular formula is C10H13N3. The van der Waals surface area contributed by atoms with Crippen molar-refractivity contribution in [3.05, 3.63) is 29.7 Å². The summed E-state index contributed by atoms with van der Waals surface area (Å²) < 4.78 is 0. The molecule has 0 saturated heterocycles. The van der Waals surface area contributed by atoms with Gasteiger partial charge >= 0.3 is 0 Å². The van der Waals surface area contributed by atoms with Crippen molar-refractivity contribution in [1.29, 1.82) is 0 Å². The highest BCUT2D eigenvalue weighted by Gasteiger charge is 2.06. The molecule has 13 heavy (non-hydrogen) atoms.